The zero-order chi connectivity index (χ0) is 84.8. The van der Waals surface area contributed by atoms with Crippen LogP contribution in [0.4, 0.5) is 0 Å². The quantitative estimate of drug-likeness (QED) is 0.0912. The van der Waals surface area contributed by atoms with Crippen molar-refractivity contribution in [2.24, 2.45) is 0 Å². The van der Waals surface area contributed by atoms with Gasteiger partial charge in [0.15, 0.2) is 0 Å². The van der Waals surface area contributed by atoms with Crippen LogP contribution < -0.4 is 0 Å². The van der Waals surface area contributed by atoms with Gasteiger partial charge in [0.25, 0.3) is 0 Å². The number of hydrogen-bond donors (Lipinski definition) is 0. The molecule has 0 aliphatic rings. The third-order valence-corrected chi connectivity index (χ3v) is 27.6. The summed E-state index contributed by atoms with van der Waals surface area (Å²) >= 11 is 3.74. The van der Waals surface area contributed by atoms with Gasteiger partial charge < -0.3 is 9.13 Å². The van der Waals surface area contributed by atoms with Crippen LogP contribution in [0.25, 0.3) is 229 Å². The van der Waals surface area contributed by atoms with Gasteiger partial charge in [-0.2, -0.15) is 0 Å². The van der Waals surface area contributed by atoms with E-state index >= 15 is 0 Å². The molecule has 0 saturated heterocycles. The van der Waals surface area contributed by atoms with Crippen molar-refractivity contribution in [1.82, 2.24) is 9.13 Å². The minimum atomic E-state index is 1.12. The average Bonchev–Trinajstić information content (AvgIpc) is 1.59. The Morgan fingerprint density at radius 1 is 0.133 bits per heavy atom. The van der Waals surface area contributed by atoms with E-state index in [9.17, 15) is 0 Å². The molecule has 128 heavy (non-hydrogen) atoms. The van der Waals surface area contributed by atoms with E-state index in [0.717, 1.165) is 22.4 Å². The van der Waals surface area contributed by atoms with Crippen LogP contribution in [0.2, 0.25) is 0 Å². The maximum atomic E-state index is 2.41. The molecule has 0 aliphatic heterocycles. The second-order valence-electron chi connectivity index (χ2n) is 33.1. The molecule has 0 aliphatic carbocycles. The summed E-state index contributed by atoms with van der Waals surface area (Å²) in [7, 11) is 0. The summed E-state index contributed by atoms with van der Waals surface area (Å²) < 4.78 is 10.1. The molecule has 0 radical (unpaired) electrons. The van der Waals surface area contributed by atoms with Crippen LogP contribution in [-0.2, 0) is 0 Å². The summed E-state index contributed by atoms with van der Waals surface area (Å²) in [5.41, 5.74) is 38.1. The Labute approximate surface area is 753 Å². The number of nitrogens with zero attached hydrogens (tertiary/aromatic N) is 2. The van der Waals surface area contributed by atoms with Gasteiger partial charge in [-0.15, -0.1) is 22.7 Å². The van der Waals surface area contributed by atoms with Crippen LogP contribution in [0.5, 0.6) is 0 Å². The molecule has 0 atom stereocenters. The normalized spacial score (nSPS) is 11.4. The number of rotatable bonds is 16. The summed E-state index contributed by atoms with van der Waals surface area (Å²) in [6, 6.07) is 177. The molecular weight excluding hydrogens is 1580 g/mol. The Bertz CT molecular complexity index is 7980. The van der Waals surface area contributed by atoms with Crippen molar-refractivity contribution in [2.75, 3.05) is 0 Å². The van der Waals surface area contributed by atoms with Gasteiger partial charge in [0.05, 0.1) is 11.0 Å². The predicted molar refractivity (Wildman–Crippen MR) is 548 cm³/mol. The Morgan fingerprint density at radius 2 is 0.383 bits per heavy atom. The molecule has 0 fully saturated rings. The van der Waals surface area contributed by atoms with Gasteiger partial charge in [-0.3, -0.25) is 0 Å². The van der Waals surface area contributed by atoms with Gasteiger partial charge >= 0.3 is 0 Å². The van der Waals surface area contributed by atoms with Crippen molar-refractivity contribution < 1.29 is 0 Å². The maximum Gasteiger partial charge on any atom is 0.0535 e. The van der Waals surface area contributed by atoms with Crippen molar-refractivity contribution in [3.8, 4) is 167 Å². The number of fused-ring (bicyclic) bond motifs is 8. The molecule has 0 N–H and O–H groups in total. The number of hydrogen-bond acceptors (Lipinski definition) is 2. The van der Waals surface area contributed by atoms with Crippen LogP contribution in [-0.4, -0.2) is 9.13 Å². The van der Waals surface area contributed by atoms with E-state index in [2.05, 4.69) is 507 Å². The third-order valence-electron chi connectivity index (χ3n) is 25.2. The first-order valence-corrected chi connectivity index (χ1v) is 45.4. The lowest BCUT2D eigenvalue weighted by Gasteiger charge is -2.13. The molecule has 4 heteroatoms. The van der Waals surface area contributed by atoms with Gasteiger partial charge in [-0.05, 0) is 290 Å². The van der Waals surface area contributed by atoms with Crippen LogP contribution in [0.1, 0.15) is 0 Å². The van der Waals surface area contributed by atoms with Crippen LogP contribution in [0.3, 0.4) is 0 Å². The van der Waals surface area contributed by atoms with Crippen LogP contribution in [0, 0.1) is 0 Å². The second-order valence-corrected chi connectivity index (χ2v) is 35.2. The highest BCUT2D eigenvalue weighted by Gasteiger charge is 2.22. The van der Waals surface area contributed by atoms with Crippen molar-refractivity contribution in [2.45, 2.75) is 0 Å². The molecule has 0 amide bonds. The Hall–Kier alpha value is -16.1. The topological polar surface area (TPSA) is 9.86 Å². The van der Waals surface area contributed by atoms with E-state index in [1.165, 1.54) is 207 Å². The zero-order valence-corrected chi connectivity index (χ0v) is 71.7. The molecule has 0 spiro atoms. The van der Waals surface area contributed by atoms with E-state index < -0.39 is 0 Å². The van der Waals surface area contributed by atoms with Gasteiger partial charge in [0.2, 0.25) is 0 Å². The fraction of sp³-hybridized carbons (Fsp3) is 0. The van der Waals surface area contributed by atoms with Gasteiger partial charge in [-0.1, -0.05) is 340 Å². The van der Waals surface area contributed by atoms with E-state index in [1.54, 1.807) is 0 Å². The average molecular weight is 1660 g/mol. The fourth-order valence-electron chi connectivity index (χ4n) is 18.7. The molecular formula is C124H82N2S2. The monoisotopic (exact) mass is 1660 g/mol. The van der Waals surface area contributed by atoms with Gasteiger partial charge in [-0.25, -0.2) is 0 Å². The summed E-state index contributed by atoms with van der Waals surface area (Å²) in [6.45, 7) is 0. The molecule has 0 unspecified atom stereocenters. The first kappa shape index (κ1) is 76.8. The molecule has 0 saturated carbocycles. The zero-order valence-electron chi connectivity index (χ0n) is 70.1. The summed E-state index contributed by atoms with van der Waals surface area (Å²) in [6.07, 6.45) is 4.70. The Balaban J connectivity index is 0.000000146. The van der Waals surface area contributed by atoms with E-state index in [-0.39, 0.29) is 0 Å². The van der Waals surface area contributed by atoms with E-state index in [0.29, 0.717) is 0 Å². The van der Waals surface area contributed by atoms with Crippen molar-refractivity contribution in [1.29, 1.82) is 0 Å². The molecule has 0 bridgehead atoms. The SMILES string of the molecule is c1ccc(-c2cc(-c3ccccc3)cc(-c3ccc4c(c3)c(-c3cc(-c5ccccc5)cc(-c5ccccc5)c3)cn4-c3ccc(-c4ccc5sc6ccccc6c5c4)cc3)c2)cc1.c1ccc(-c2cc(-c3ccccc3)cc(-c3ccc4c(c3)c(-c3cc(-c5ccccc5)cc(-c5ccccc5)c3)cn4-c3ccc(-c4cccc5c4sc4ccccc45)cc3)c2)cc1. The molecule has 24 aromatic rings. The van der Waals surface area contributed by atoms with Gasteiger partial charge in [0, 0.05) is 86.0 Å². The maximum absolute atomic E-state index is 2.41. The molecule has 600 valence electrons. The lowest BCUT2D eigenvalue weighted by molar-refractivity contribution is 1.13. The lowest BCUT2D eigenvalue weighted by Crippen LogP contribution is -1.92. The standard InChI is InChI=1S/2C62H41NS/c1-5-16-42(17-6-1)48-34-49(43-18-7-2-8-19-43)37-52(36-48)47-30-33-60-58(40-47)59(53-38-50(44-20-9-3-10-21-44)35-51(39-53)45-22-11-4-12-23-45)41-63(60)54-31-28-46(29-32-54)55-25-15-26-57-56-24-13-14-27-61(56)64-62(55)57;1-5-15-42(16-6-1)49-33-50(43-17-7-2-8-18-43)36-53(35-49)48-27-31-60-57(39-48)59(54-37-51(44-19-9-3-10-20-44)34-52(38-54)45-21-11-4-12-22-45)41-63(60)55-29-25-46(26-30-55)47-28-32-62-58(40-47)56-23-13-14-24-61(56)64-62/h2*1-41H. The van der Waals surface area contributed by atoms with Crippen molar-refractivity contribution in [3.05, 3.63) is 498 Å². The fourth-order valence-corrected chi connectivity index (χ4v) is 21.1. The Morgan fingerprint density at radius 3 is 0.742 bits per heavy atom. The smallest absolute Gasteiger partial charge is 0.0535 e. The molecule has 20 aromatic carbocycles. The molecule has 24 rings (SSSR count). The highest BCUT2D eigenvalue weighted by atomic mass is 32.1. The molecule has 4 aromatic heterocycles. The number of benzene rings is 20. The third kappa shape index (κ3) is 15.0. The largest absolute Gasteiger partial charge is 0.316 e. The summed E-state index contributed by atoms with van der Waals surface area (Å²) in [4.78, 5) is 0. The highest BCUT2D eigenvalue weighted by molar-refractivity contribution is 7.26. The first-order valence-electron chi connectivity index (χ1n) is 43.8. The minimum Gasteiger partial charge on any atom is -0.316 e. The second kappa shape index (κ2) is 33.5. The molecule has 2 nitrogen and oxygen atoms in total. The predicted octanol–water partition coefficient (Wildman–Crippen LogP) is 35.3. The highest BCUT2D eigenvalue weighted by Crippen LogP contribution is 2.47. The molecule has 4 heterocycles. The van der Waals surface area contributed by atoms with E-state index in [4.69, 9.17) is 0 Å². The van der Waals surface area contributed by atoms with Crippen molar-refractivity contribution >= 4 is 84.8 Å². The van der Waals surface area contributed by atoms with Crippen LogP contribution >= 0.6 is 22.7 Å². The van der Waals surface area contributed by atoms with E-state index in [1.807, 2.05) is 22.7 Å². The van der Waals surface area contributed by atoms with Crippen LogP contribution in [0.15, 0.2) is 498 Å². The summed E-state index contributed by atoms with van der Waals surface area (Å²) in [5, 5.41) is 7.68. The van der Waals surface area contributed by atoms with Crippen molar-refractivity contribution in [3.63, 3.8) is 0 Å². The van der Waals surface area contributed by atoms with Gasteiger partial charge in [0.1, 0.15) is 0 Å². The Kier molecular flexibility index (Phi) is 20.1. The lowest BCUT2D eigenvalue weighted by atomic mass is 9.91. The minimum absolute atomic E-state index is 1.12. The summed E-state index contributed by atoms with van der Waals surface area (Å²) in [5.74, 6) is 0. The number of aromatic nitrogens is 2. The first-order chi connectivity index (χ1) is 63.4. The number of thiophene rings is 2.